The van der Waals surface area contributed by atoms with Gasteiger partial charge >= 0.3 is 0 Å². The van der Waals surface area contributed by atoms with E-state index in [1.807, 2.05) is 18.2 Å². The molecule has 1 amide bonds. The van der Waals surface area contributed by atoms with Crippen LogP contribution in [0.15, 0.2) is 78.4 Å². The van der Waals surface area contributed by atoms with Gasteiger partial charge in [0.25, 0.3) is 5.91 Å². The summed E-state index contributed by atoms with van der Waals surface area (Å²) in [5.74, 6) is 1.39. The largest absolute Gasteiger partial charge is 0.489 e. The third-order valence-electron chi connectivity index (χ3n) is 8.04. The van der Waals surface area contributed by atoms with Gasteiger partial charge in [-0.2, -0.15) is 0 Å². The van der Waals surface area contributed by atoms with Crippen LogP contribution in [0.2, 0.25) is 5.02 Å². The summed E-state index contributed by atoms with van der Waals surface area (Å²) in [4.78, 5) is 15.1. The van der Waals surface area contributed by atoms with Crippen LogP contribution in [0, 0.1) is 5.92 Å². The molecule has 1 aliphatic heterocycles. The van der Waals surface area contributed by atoms with Gasteiger partial charge in [-0.1, -0.05) is 84.8 Å². The van der Waals surface area contributed by atoms with Gasteiger partial charge in [0.1, 0.15) is 5.75 Å². The molecule has 39 heavy (non-hydrogen) atoms. The number of hydrogen-bond donors (Lipinski definition) is 1. The van der Waals surface area contributed by atoms with Crippen LogP contribution in [0.3, 0.4) is 0 Å². The molecule has 1 saturated carbocycles. The summed E-state index contributed by atoms with van der Waals surface area (Å²) in [6, 6.07) is 24.6. The van der Waals surface area contributed by atoms with Gasteiger partial charge in [-0.25, -0.2) is 0 Å². The average Bonchev–Trinajstić information content (AvgIpc) is 2.97. The van der Waals surface area contributed by atoms with E-state index < -0.39 is 0 Å². The van der Waals surface area contributed by atoms with Crippen molar-refractivity contribution in [3.8, 4) is 16.9 Å². The standard InChI is InChI=1S/C34H39ClN2O2/c1-25-17-20-37(21-18-25)22-19-36-34(38)30-13-16-33(32(35)24-30)39-31-14-9-27(10-15-31)23-26-7-11-29(12-8-26)28-5-3-2-4-6-28/h2-8,11-13,16,23-25,31H,9-10,14-15,17-22H2,1H3,(H,36,38). The molecule has 0 atom stereocenters. The topological polar surface area (TPSA) is 41.6 Å². The Balaban J connectivity index is 1.08. The maximum Gasteiger partial charge on any atom is 0.251 e. The predicted molar refractivity (Wildman–Crippen MR) is 161 cm³/mol. The first kappa shape index (κ1) is 27.5. The van der Waals surface area contributed by atoms with E-state index in [0.717, 1.165) is 51.2 Å². The number of likely N-dealkylation sites (tertiary alicyclic amines) is 1. The number of carbonyl (C=O) groups excluding carboxylic acids is 1. The number of ether oxygens (including phenoxy) is 1. The van der Waals surface area contributed by atoms with Gasteiger partial charge in [0.15, 0.2) is 0 Å². The minimum absolute atomic E-state index is 0.0851. The lowest BCUT2D eigenvalue weighted by molar-refractivity contribution is 0.0944. The van der Waals surface area contributed by atoms with Crippen molar-refractivity contribution in [3.05, 3.63) is 94.5 Å². The number of nitrogens with zero attached hydrogens (tertiary/aromatic N) is 1. The number of hydrogen-bond acceptors (Lipinski definition) is 3. The Bertz CT molecular complexity index is 1250. The second kappa shape index (κ2) is 13.3. The van der Waals surface area contributed by atoms with Crippen molar-refractivity contribution >= 4 is 23.6 Å². The van der Waals surface area contributed by atoms with Crippen LogP contribution in [0.25, 0.3) is 17.2 Å². The van der Waals surface area contributed by atoms with Crippen molar-refractivity contribution in [1.82, 2.24) is 10.2 Å². The molecule has 1 saturated heterocycles. The quantitative estimate of drug-likeness (QED) is 0.315. The van der Waals surface area contributed by atoms with E-state index in [-0.39, 0.29) is 12.0 Å². The number of allylic oxidation sites excluding steroid dienone is 1. The fraction of sp³-hybridized carbons (Fsp3) is 0.382. The molecule has 2 aliphatic rings. The zero-order valence-electron chi connectivity index (χ0n) is 22.9. The molecule has 1 aliphatic carbocycles. The molecular formula is C34H39ClN2O2. The molecule has 3 aromatic carbocycles. The van der Waals surface area contributed by atoms with Crippen molar-refractivity contribution < 1.29 is 9.53 Å². The molecule has 0 aromatic heterocycles. The Kier molecular flexibility index (Phi) is 9.39. The molecule has 0 spiro atoms. The van der Waals surface area contributed by atoms with E-state index in [1.165, 1.54) is 35.1 Å². The maximum atomic E-state index is 12.6. The minimum Gasteiger partial charge on any atom is -0.489 e. The van der Waals surface area contributed by atoms with Gasteiger partial charge in [0.05, 0.1) is 11.1 Å². The van der Waals surface area contributed by atoms with E-state index in [4.69, 9.17) is 16.3 Å². The average molecular weight is 543 g/mol. The number of piperidine rings is 1. The highest BCUT2D eigenvalue weighted by Gasteiger charge is 2.20. The smallest absolute Gasteiger partial charge is 0.251 e. The van der Waals surface area contributed by atoms with Crippen molar-refractivity contribution in [2.24, 2.45) is 5.92 Å². The molecule has 0 unspecified atom stereocenters. The first-order valence-electron chi connectivity index (χ1n) is 14.4. The summed E-state index contributed by atoms with van der Waals surface area (Å²) in [5, 5.41) is 3.53. The molecule has 5 rings (SSSR count). The fourth-order valence-corrected chi connectivity index (χ4v) is 5.72. The molecule has 0 radical (unpaired) electrons. The lowest BCUT2D eigenvalue weighted by Gasteiger charge is -2.30. The van der Waals surface area contributed by atoms with Gasteiger partial charge in [-0.05, 0) is 92.4 Å². The molecule has 2 fully saturated rings. The van der Waals surface area contributed by atoms with Crippen molar-refractivity contribution in [2.45, 2.75) is 51.6 Å². The van der Waals surface area contributed by atoms with Gasteiger partial charge in [0, 0.05) is 18.7 Å². The van der Waals surface area contributed by atoms with Gasteiger partial charge in [0.2, 0.25) is 0 Å². The van der Waals surface area contributed by atoms with Crippen LogP contribution in [-0.4, -0.2) is 43.1 Å². The highest BCUT2D eigenvalue weighted by atomic mass is 35.5. The molecular weight excluding hydrogens is 504 g/mol. The number of nitrogens with one attached hydrogen (secondary N) is 1. The van der Waals surface area contributed by atoms with Gasteiger partial charge < -0.3 is 15.0 Å². The Morgan fingerprint density at radius 2 is 1.64 bits per heavy atom. The zero-order valence-corrected chi connectivity index (χ0v) is 23.6. The van der Waals surface area contributed by atoms with E-state index in [1.54, 1.807) is 6.07 Å². The number of amides is 1. The van der Waals surface area contributed by atoms with Gasteiger partial charge in [-0.15, -0.1) is 0 Å². The second-order valence-corrected chi connectivity index (χ2v) is 11.4. The highest BCUT2D eigenvalue weighted by molar-refractivity contribution is 6.32. The Morgan fingerprint density at radius 1 is 0.949 bits per heavy atom. The zero-order chi connectivity index (χ0) is 27.0. The minimum atomic E-state index is -0.0851. The normalized spacial score (nSPS) is 18.5. The summed E-state index contributed by atoms with van der Waals surface area (Å²) in [7, 11) is 0. The lowest BCUT2D eigenvalue weighted by Crippen LogP contribution is -2.39. The summed E-state index contributed by atoms with van der Waals surface area (Å²) in [6.07, 6.45) is 8.88. The monoisotopic (exact) mass is 542 g/mol. The molecule has 3 aromatic rings. The van der Waals surface area contributed by atoms with Crippen LogP contribution in [0.1, 0.15) is 61.4 Å². The number of rotatable bonds is 8. The third kappa shape index (κ3) is 7.74. The van der Waals surface area contributed by atoms with Crippen LogP contribution in [-0.2, 0) is 0 Å². The second-order valence-electron chi connectivity index (χ2n) is 11.0. The van der Waals surface area contributed by atoms with Crippen LogP contribution in [0.4, 0.5) is 0 Å². The van der Waals surface area contributed by atoms with Crippen molar-refractivity contribution in [3.63, 3.8) is 0 Å². The Hall–Kier alpha value is -3.08. The predicted octanol–water partition coefficient (Wildman–Crippen LogP) is 7.87. The van der Waals surface area contributed by atoms with E-state index in [2.05, 4.69) is 71.7 Å². The van der Waals surface area contributed by atoms with Crippen molar-refractivity contribution in [2.75, 3.05) is 26.2 Å². The summed E-state index contributed by atoms with van der Waals surface area (Å²) in [5.41, 5.74) is 5.75. The van der Waals surface area contributed by atoms with E-state index in [9.17, 15) is 4.79 Å². The van der Waals surface area contributed by atoms with E-state index >= 15 is 0 Å². The van der Waals surface area contributed by atoms with Crippen LogP contribution < -0.4 is 10.1 Å². The lowest BCUT2D eigenvalue weighted by atomic mass is 9.91. The molecule has 0 bridgehead atoms. The molecule has 1 N–H and O–H groups in total. The Morgan fingerprint density at radius 3 is 2.33 bits per heavy atom. The van der Waals surface area contributed by atoms with Crippen molar-refractivity contribution in [1.29, 1.82) is 0 Å². The summed E-state index contributed by atoms with van der Waals surface area (Å²) < 4.78 is 6.26. The van der Waals surface area contributed by atoms with Gasteiger partial charge in [-0.3, -0.25) is 4.79 Å². The number of benzene rings is 3. The summed E-state index contributed by atoms with van der Waals surface area (Å²) >= 11 is 6.53. The van der Waals surface area contributed by atoms with Crippen LogP contribution >= 0.6 is 11.6 Å². The number of carbonyl (C=O) groups is 1. The molecule has 4 nitrogen and oxygen atoms in total. The first-order chi connectivity index (χ1) is 19.0. The first-order valence-corrected chi connectivity index (χ1v) is 14.7. The summed E-state index contributed by atoms with van der Waals surface area (Å²) in [6.45, 7) is 6.10. The SMILES string of the molecule is CC1CCN(CCNC(=O)c2ccc(OC3CCC(=Cc4ccc(-c5ccccc5)cc4)CC3)c(Cl)c2)CC1. The van der Waals surface area contributed by atoms with E-state index in [0.29, 0.717) is 22.9 Å². The third-order valence-corrected chi connectivity index (χ3v) is 8.34. The van der Waals surface area contributed by atoms with Crippen LogP contribution in [0.5, 0.6) is 5.75 Å². The Labute approximate surface area is 238 Å². The number of halogens is 1. The molecule has 5 heteroatoms. The molecule has 204 valence electrons. The maximum absolute atomic E-state index is 12.6. The highest BCUT2D eigenvalue weighted by Crippen LogP contribution is 2.32. The fourth-order valence-electron chi connectivity index (χ4n) is 5.49. The molecule has 1 heterocycles.